The summed E-state index contributed by atoms with van der Waals surface area (Å²) in [6, 6.07) is -1.35. The lowest BCUT2D eigenvalue weighted by molar-refractivity contribution is -0.227. The number of nitrogens with two attached hydrogens (primary N) is 2. The van der Waals surface area contributed by atoms with E-state index in [0.29, 0.717) is 0 Å². The molecule has 0 bridgehead atoms. The van der Waals surface area contributed by atoms with Crippen molar-refractivity contribution in [2.75, 3.05) is 13.7 Å². The second-order valence-electron chi connectivity index (χ2n) is 3.11. The van der Waals surface area contributed by atoms with Crippen molar-refractivity contribution in [3.05, 3.63) is 0 Å². The number of rotatable bonds is 2. The first kappa shape index (κ1) is 10.8. The fourth-order valence-corrected chi connectivity index (χ4v) is 1.37. The first-order chi connectivity index (χ1) is 6.11. The Morgan fingerprint density at radius 1 is 1.38 bits per heavy atom. The molecule has 1 aliphatic heterocycles. The first-order valence-corrected chi connectivity index (χ1v) is 4.10. The van der Waals surface area contributed by atoms with Crippen LogP contribution in [0, 0.1) is 0 Å². The smallest absolute Gasteiger partial charge is 0.175 e. The third-order valence-corrected chi connectivity index (χ3v) is 2.25. The Morgan fingerprint density at radius 3 is 2.46 bits per heavy atom. The van der Waals surface area contributed by atoms with Crippen molar-refractivity contribution in [3.8, 4) is 0 Å². The number of aliphatic hydroxyl groups is 2. The lowest BCUT2D eigenvalue weighted by Gasteiger charge is -2.40. The fourth-order valence-electron chi connectivity index (χ4n) is 1.37. The van der Waals surface area contributed by atoms with E-state index in [1.165, 1.54) is 7.11 Å². The second-order valence-corrected chi connectivity index (χ2v) is 3.11. The molecule has 1 saturated heterocycles. The van der Waals surface area contributed by atoms with Crippen LogP contribution < -0.4 is 11.5 Å². The van der Waals surface area contributed by atoms with Gasteiger partial charge in [-0.25, -0.2) is 0 Å². The molecule has 0 aliphatic carbocycles. The molecule has 6 N–H and O–H groups in total. The van der Waals surface area contributed by atoms with Crippen LogP contribution in [0.1, 0.15) is 0 Å². The molecule has 0 aromatic carbocycles. The summed E-state index contributed by atoms with van der Waals surface area (Å²) >= 11 is 0. The molecular formula is C7H16N2O4. The van der Waals surface area contributed by atoms with Crippen LogP contribution in [0.3, 0.4) is 0 Å². The van der Waals surface area contributed by atoms with E-state index in [1.54, 1.807) is 0 Å². The van der Waals surface area contributed by atoms with Crippen LogP contribution in [0.25, 0.3) is 0 Å². The number of methoxy groups -OCH3 is 1. The van der Waals surface area contributed by atoms with Crippen molar-refractivity contribution in [2.45, 2.75) is 30.6 Å². The van der Waals surface area contributed by atoms with Gasteiger partial charge in [-0.15, -0.1) is 0 Å². The summed E-state index contributed by atoms with van der Waals surface area (Å²) < 4.78 is 10.1. The maximum atomic E-state index is 9.53. The van der Waals surface area contributed by atoms with E-state index in [-0.39, 0.29) is 6.61 Å². The summed E-state index contributed by atoms with van der Waals surface area (Å²) in [7, 11) is 1.42. The predicted octanol–water partition coefficient (Wildman–Crippen LogP) is -2.63. The molecule has 6 nitrogen and oxygen atoms in total. The van der Waals surface area contributed by atoms with E-state index >= 15 is 0 Å². The molecule has 0 saturated carbocycles. The summed E-state index contributed by atoms with van der Waals surface area (Å²) in [6.45, 7) is -0.259. The van der Waals surface area contributed by atoms with Gasteiger partial charge in [0, 0.05) is 7.11 Å². The molecule has 1 rings (SSSR count). The van der Waals surface area contributed by atoms with Gasteiger partial charge in [0.05, 0.1) is 24.8 Å². The Morgan fingerprint density at radius 2 is 2.00 bits per heavy atom. The largest absolute Gasteiger partial charge is 0.394 e. The van der Waals surface area contributed by atoms with Gasteiger partial charge in [0.15, 0.2) is 6.29 Å². The van der Waals surface area contributed by atoms with Crippen LogP contribution in [-0.4, -0.2) is 54.5 Å². The lowest BCUT2D eigenvalue weighted by atomic mass is 9.96. The van der Waals surface area contributed by atoms with Gasteiger partial charge < -0.3 is 31.2 Å². The van der Waals surface area contributed by atoms with E-state index in [1.807, 2.05) is 0 Å². The highest BCUT2D eigenvalue weighted by molar-refractivity contribution is 4.93. The summed E-state index contributed by atoms with van der Waals surface area (Å²) in [4.78, 5) is 0. The maximum absolute atomic E-state index is 9.53. The summed E-state index contributed by atoms with van der Waals surface area (Å²) in [5.74, 6) is 0. The average Bonchev–Trinajstić information content (AvgIpc) is 2.15. The minimum absolute atomic E-state index is 0.259. The average molecular weight is 192 g/mol. The molecule has 78 valence electrons. The molecule has 6 heteroatoms. The molecule has 1 heterocycles. The Hall–Kier alpha value is -0.240. The molecule has 1 fully saturated rings. The van der Waals surface area contributed by atoms with Crippen LogP contribution in [0.15, 0.2) is 0 Å². The SMILES string of the molecule is COC1OC(CO)C(N)C(O)C1N. The second kappa shape index (κ2) is 4.32. The zero-order chi connectivity index (χ0) is 10.0. The Kier molecular flexibility index (Phi) is 3.60. The molecule has 0 amide bonds. The van der Waals surface area contributed by atoms with E-state index in [2.05, 4.69) is 0 Å². The van der Waals surface area contributed by atoms with Crippen molar-refractivity contribution < 1.29 is 19.7 Å². The van der Waals surface area contributed by atoms with E-state index in [0.717, 1.165) is 0 Å². The number of aliphatic hydroxyl groups excluding tert-OH is 2. The van der Waals surface area contributed by atoms with Gasteiger partial charge in [-0.3, -0.25) is 0 Å². The van der Waals surface area contributed by atoms with Gasteiger partial charge in [0.25, 0.3) is 0 Å². The van der Waals surface area contributed by atoms with Crippen molar-refractivity contribution in [1.29, 1.82) is 0 Å². The van der Waals surface area contributed by atoms with Crippen LogP contribution in [-0.2, 0) is 9.47 Å². The summed E-state index contributed by atoms with van der Waals surface area (Å²) in [5, 5.41) is 18.4. The lowest BCUT2D eigenvalue weighted by Crippen LogP contribution is -2.65. The Balaban J connectivity index is 2.66. The molecule has 0 aromatic rings. The molecule has 5 unspecified atom stereocenters. The van der Waals surface area contributed by atoms with Crippen molar-refractivity contribution >= 4 is 0 Å². The minimum Gasteiger partial charge on any atom is -0.394 e. The van der Waals surface area contributed by atoms with E-state index < -0.39 is 30.6 Å². The van der Waals surface area contributed by atoms with Gasteiger partial charge in [0.1, 0.15) is 6.10 Å². The first-order valence-electron chi connectivity index (χ1n) is 4.10. The van der Waals surface area contributed by atoms with Gasteiger partial charge in [-0.1, -0.05) is 0 Å². The van der Waals surface area contributed by atoms with E-state index in [9.17, 15) is 5.11 Å². The Bertz CT molecular complexity index is 149. The van der Waals surface area contributed by atoms with Gasteiger partial charge in [-0.05, 0) is 0 Å². The number of ether oxygens (including phenoxy) is 2. The molecule has 0 radical (unpaired) electrons. The molecule has 13 heavy (non-hydrogen) atoms. The minimum atomic E-state index is -0.921. The highest BCUT2D eigenvalue weighted by atomic mass is 16.7. The van der Waals surface area contributed by atoms with Crippen molar-refractivity contribution in [1.82, 2.24) is 0 Å². The van der Waals surface area contributed by atoms with Gasteiger partial charge >= 0.3 is 0 Å². The third kappa shape index (κ3) is 1.98. The predicted molar refractivity (Wildman–Crippen MR) is 44.7 cm³/mol. The third-order valence-electron chi connectivity index (χ3n) is 2.25. The summed E-state index contributed by atoms with van der Waals surface area (Å²) in [5.41, 5.74) is 11.1. The Labute approximate surface area is 76.4 Å². The quantitative estimate of drug-likeness (QED) is 0.381. The molecule has 0 aromatic heterocycles. The number of hydrogen-bond acceptors (Lipinski definition) is 6. The fraction of sp³-hybridized carbons (Fsp3) is 1.00. The van der Waals surface area contributed by atoms with Crippen LogP contribution in [0.5, 0.6) is 0 Å². The topological polar surface area (TPSA) is 111 Å². The van der Waals surface area contributed by atoms with Crippen molar-refractivity contribution in [3.63, 3.8) is 0 Å². The maximum Gasteiger partial charge on any atom is 0.175 e. The zero-order valence-electron chi connectivity index (χ0n) is 7.46. The zero-order valence-corrected chi connectivity index (χ0v) is 7.46. The molecule has 5 atom stereocenters. The molecule has 1 aliphatic rings. The standard InChI is InChI=1S/C7H16N2O4/c1-12-7-5(9)6(11)4(8)3(2-10)13-7/h3-7,10-11H,2,8-9H2,1H3. The summed E-state index contributed by atoms with van der Waals surface area (Å²) in [6.07, 6.45) is -2.26. The highest BCUT2D eigenvalue weighted by Gasteiger charge is 2.41. The molecular weight excluding hydrogens is 176 g/mol. The molecule has 0 spiro atoms. The monoisotopic (exact) mass is 192 g/mol. The van der Waals surface area contributed by atoms with E-state index in [4.69, 9.17) is 26.0 Å². The highest BCUT2D eigenvalue weighted by Crippen LogP contribution is 2.18. The van der Waals surface area contributed by atoms with Crippen LogP contribution >= 0.6 is 0 Å². The van der Waals surface area contributed by atoms with Crippen LogP contribution in [0.2, 0.25) is 0 Å². The van der Waals surface area contributed by atoms with Crippen molar-refractivity contribution in [2.24, 2.45) is 11.5 Å². The number of hydrogen-bond donors (Lipinski definition) is 4. The normalized spacial score (nSPS) is 46.4. The van der Waals surface area contributed by atoms with Gasteiger partial charge in [0.2, 0.25) is 0 Å². The van der Waals surface area contributed by atoms with Crippen LogP contribution in [0.4, 0.5) is 0 Å². The van der Waals surface area contributed by atoms with Gasteiger partial charge in [-0.2, -0.15) is 0 Å².